The molecule has 3 aliphatic heterocycles. The fourth-order valence-electron chi connectivity index (χ4n) is 3.72. The fourth-order valence-corrected chi connectivity index (χ4v) is 3.72. The minimum Gasteiger partial charge on any atom is -0.493 e. The standard InChI is InChI=1S/C21H18N2O7/c1-26-13-5-3-11(9-15(13)27-2)18-17-19(30-22-18)21(25)23(20(17)24)12-4-6-14-16(10-12)29-8-7-28-14/h3-6,9-10,19,22H,7-8H2,1-2H3/t19-/m0/s1. The maximum atomic E-state index is 13.2. The highest BCUT2D eigenvalue weighted by Gasteiger charge is 2.50. The maximum Gasteiger partial charge on any atom is 0.270 e. The Kier molecular flexibility index (Phi) is 4.25. The molecule has 2 aromatic carbocycles. The van der Waals surface area contributed by atoms with Crippen LogP contribution in [-0.4, -0.2) is 45.4 Å². The van der Waals surface area contributed by atoms with Gasteiger partial charge in [0.2, 0.25) is 0 Å². The van der Waals surface area contributed by atoms with Crippen molar-refractivity contribution in [1.82, 2.24) is 5.48 Å². The van der Waals surface area contributed by atoms with Crippen molar-refractivity contribution in [3.8, 4) is 23.0 Å². The number of amides is 2. The summed E-state index contributed by atoms with van der Waals surface area (Å²) >= 11 is 0. The van der Waals surface area contributed by atoms with E-state index in [4.69, 9.17) is 23.8 Å². The van der Waals surface area contributed by atoms with Gasteiger partial charge in [-0.2, -0.15) is 0 Å². The van der Waals surface area contributed by atoms with Crippen molar-refractivity contribution >= 4 is 23.2 Å². The monoisotopic (exact) mass is 410 g/mol. The van der Waals surface area contributed by atoms with E-state index < -0.39 is 17.9 Å². The van der Waals surface area contributed by atoms with E-state index in [0.29, 0.717) is 53.2 Å². The summed E-state index contributed by atoms with van der Waals surface area (Å²) in [5.74, 6) is 1.17. The molecule has 0 aliphatic carbocycles. The maximum absolute atomic E-state index is 13.2. The first-order valence-electron chi connectivity index (χ1n) is 9.28. The molecule has 3 aliphatic rings. The third kappa shape index (κ3) is 2.66. The first-order valence-corrected chi connectivity index (χ1v) is 9.28. The van der Waals surface area contributed by atoms with Crippen LogP contribution in [0.2, 0.25) is 0 Å². The van der Waals surface area contributed by atoms with Crippen molar-refractivity contribution in [3.63, 3.8) is 0 Å². The molecule has 9 heteroatoms. The molecule has 0 radical (unpaired) electrons. The summed E-state index contributed by atoms with van der Waals surface area (Å²) in [7, 11) is 3.06. The number of carbonyl (C=O) groups excluding carboxylic acids is 2. The average molecular weight is 410 g/mol. The second-order valence-electron chi connectivity index (χ2n) is 6.77. The molecule has 1 fully saturated rings. The SMILES string of the molecule is COc1ccc(C2=C3C(=O)N(c4ccc5c(c4)OCCO5)C(=O)[C@H]3ON2)cc1OC. The summed E-state index contributed by atoms with van der Waals surface area (Å²) in [5, 5.41) is 0. The molecular formula is C21H18N2O7. The van der Waals surface area contributed by atoms with Crippen molar-refractivity contribution in [3.05, 3.63) is 47.5 Å². The number of anilines is 1. The molecule has 0 bridgehead atoms. The quantitative estimate of drug-likeness (QED) is 0.761. The minimum absolute atomic E-state index is 0.238. The van der Waals surface area contributed by atoms with Gasteiger partial charge in [0.15, 0.2) is 29.1 Å². The molecule has 0 unspecified atom stereocenters. The van der Waals surface area contributed by atoms with Crippen LogP contribution in [0.1, 0.15) is 5.56 Å². The highest BCUT2D eigenvalue weighted by Crippen LogP contribution is 2.40. The van der Waals surface area contributed by atoms with Crippen molar-refractivity contribution in [2.24, 2.45) is 0 Å². The Bertz CT molecular complexity index is 1090. The van der Waals surface area contributed by atoms with E-state index in [0.717, 1.165) is 4.90 Å². The molecule has 9 nitrogen and oxygen atoms in total. The smallest absolute Gasteiger partial charge is 0.270 e. The molecule has 5 rings (SSSR count). The van der Waals surface area contributed by atoms with E-state index in [1.54, 1.807) is 36.4 Å². The van der Waals surface area contributed by atoms with Gasteiger partial charge in [-0.1, -0.05) is 0 Å². The molecule has 0 spiro atoms. The van der Waals surface area contributed by atoms with E-state index >= 15 is 0 Å². The lowest BCUT2D eigenvalue weighted by molar-refractivity contribution is -0.127. The zero-order chi connectivity index (χ0) is 20.8. The number of benzene rings is 2. The van der Waals surface area contributed by atoms with E-state index in [1.807, 2.05) is 0 Å². The zero-order valence-electron chi connectivity index (χ0n) is 16.3. The Hall–Kier alpha value is -3.72. The van der Waals surface area contributed by atoms with E-state index in [-0.39, 0.29) is 5.57 Å². The largest absolute Gasteiger partial charge is 0.493 e. The van der Waals surface area contributed by atoms with Crippen LogP contribution < -0.4 is 29.3 Å². The fraction of sp³-hybridized carbons (Fsp3) is 0.238. The Morgan fingerprint density at radius 2 is 1.73 bits per heavy atom. The van der Waals surface area contributed by atoms with Crippen LogP contribution in [0.15, 0.2) is 42.0 Å². The average Bonchev–Trinajstić information content (AvgIpc) is 3.33. The summed E-state index contributed by atoms with van der Waals surface area (Å²) in [6, 6.07) is 10.1. The van der Waals surface area contributed by atoms with Gasteiger partial charge in [-0.05, 0) is 30.3 Å². The first kappa shape index (κ1) is 18.3. The lowest BCUT2D eigenvalue weighted by Crippen LogP contribution is -2.34. The number of rotatable bonds is 4. The normalized spacial score (nSPS) is 19.7. The molecule has 2 amide bonds. The van der Waals surface area contributed by atoms with Crippen LogP contribution in [0.25, 0.3) is 5.70 Å². The molecule has 3 heterocycles. The third-order valence-corrected chi connectivity index (χ3v) is 5.14. The van der Waals surface area contributed by atoms with Gasteiger partial charge in [-0.15, -0.1) is 0 Å². The number of hydroxylamine groups is 1. The molecular weight excluding hydrogens is 392 g/mol. The second-order valence-corrected chi connectivity index (χ2v) is 6.77. The van der Waals surface area contributed by atoms with Crippen LogP contribution in [-0.2, 0) is 14.4 Å². The number of methoxy groups -OCH3 is 2. The van der Waals surface area contributed by atoms with Crippen molar-refractivity contribution in [1.29, 1.82) is 0 Å². The number of nitrogens with zero attached hydrogens (tertiary/aromatic N) is 1. The van der Waals surface area contributed by atoms with Crippen LogP contribution >= 0.6 is 0 Å². The van der Waals surface area contributed by atoms with Crippen LogP contribution in [0.4, 0.5) is 5.69 Å². The Balaban J connectivity index is 1.54. The van der Waals surface area contributed by atoms with Crippen molar-refractivity contribution in [2.45, 2.75) is 6.10 Å². The van der Waals surface area contributed by atoms with Gasteiger partial charge in [0.05, 0.1) is 31.2 Å². The van der Waals surface area contributed by atoms with E-state index in [2.05, 4.69) is 5.48 Å². The number of hydrogen-bond donors (Lipinski definition) is 1. The van der Waals surface area contributed by atoms with Crippen molar-refractivity contribution < 1.29 is 33.4 Å². The predicted octanol–water partition coefficient (Wildman–Crippen LogP) is 1.66. The number of carbonyl (C=O) groups is 2. The number of imide groups is 1. The van der Waals surface area contributed by atoms with Gasteiger partial charge >= 0.3 is 0 Å². The van der Waals surface area contributed by atoms with Crippen molar-refractivity contribution in [2.75, 3.05) is 32.3 Å². The zero-order valence-corrected chi connectivity index (χ0v) is 16.3. The predicted molar refractivity (Wildman–Crippen MR) is 104 cm³/mol. The molecule has 0 aromatic heterocycles. The summed E-state index contributed by atoms with van der Waals surface area (Å²) in [4.78, 5) is 32.7. The molecule has 0 saturated carbocycles. The third-order valence-electron chi connectivity index (χ3n) is 5.14. The highest BCUT2D eigenvalue weighted by atomic mass is 16.7. The van der Waals surface area contributed by atoms with Crippen LogP contribution in [0, 0.1) is 0 Å². The highest BCUT2D eigenvalue weighted by molar-refractivity contribution is 6.33. The summed E-state index contributed by atoms with van der Waals surface area (Å²) < 4.78 is 21.7. The first-order chi connectivity index (χ1) is 14.6. The second kappa shape index (κ2) is 6.96. The number of hydrogen-bond acceptors (Lipinski definition) is 8. The van der Waals surface area contributed by atoms with Gasteiger partial charge in [0, 0.05) is 11.6 Å². The topological polar surface area (TPSA) is 95.6 Å². The molecule has 1 atom stereocenters. The molecule has 30 heavy (non-hydrogen) atoms. The molecule has 1 saturated heterocycles. The van der Waals surface area contributed by atoms with E-state index in [1.165, 1.54) is 14.2 Å². The molecule has 154 valence electrons. The summed E-state index contributed by atoms with van der Waals surface area (Å²) in [5.41, 5.74) is 4.40. The Morgan fingerprint density at radius 3 is 2.50 bits per heavy atom. The summed E-state index contributed by atoms with van der Waals surface area (Å²) in [6.07, 6.45) is -1.03. The van der Waals surface area contributed by atoms with Gasteiger partial charge in [-0.3, -0.25) is 19.9 Å². The summed E-state index contributed by atoms with van der Waals surface area (Å²) in [6.45, 7) is 0.861. The van der Waals surface area contributed by atoms with Gasteiger partial charge in [0.25, 0.3) is 11.8 Å². The van der Waals surface area contributed by atoms with Gasteiger partial charge in [-0.25, -0.2) is 4.90 Å². The lowest BCUT2D eigenvalue weighted by atomic mass is 10.0. The van der Waals surface area contributed by atoms with Crippen LogP contribution in [0.3, 0.4) is 0 Å². The van der Waals surface area contributed by atoms with E-state index in [9.17, 15) is 9.59 Å². The number of fused-ring (bicyclic) bond motifs is 2. The molecule has 1 N–H and O–H groups in total. The number of nitrogens with one attached hydrogen (secondary N) is 1. The van der Waals surface area contributed by atoms with Crippen LogP contribution in [0.5, 0.6) is 23.0 Å². The Labute approximate surface area is 171 Å². The Morgan fingerprint density at radius 1 is 0.967 bits per heavy atom. The van der Waals surface area contributed by atoms with Gasteiger partial charge in [0.1, 0.15) is 13.2 Å². The number of ether oxygens (including phenoxy) is 4. The molecule has 2 aromatic rings. The lowest BCUT2D eigenvalue weighted by Gasteiger charge is -2.21. The minimum atomic E-state index is -1.03. The van der Waals surface area contributed by atoms with Gasteiger partial charge < -0.3 is 18.9 Å².